The third-order valence-corrected chi connectivity index (χ3v) is 7.47. The van der Waals surface area contributed by atoms with E-state index in [1.54, 1.807) is 47.9 Å². The van der Waals surface area contributed by atoms with Crippen molar-refractivity contribution in [1.29, 1.82) is 0 Å². The molecule has 38 heavy (non-hydrogen) atoms. The number of carbonyl (C=O) groups excluding carboxylic acids is 2. The fourth-order valence-corrected chi connectivity index (χ4v) is 5.47. The number of thiazole rings is 1. The molecule has 1 saturated carbocycles. The predicted molar refractivity (Wildman–Crippen MR) is 153 cm³/mol. The molecular weight excluding hydrogens is 522 g/mol. The number of aromatic nitrogens is 3. The van der Waals surface area contributed by atoms with E-state index in [1.165, 1.54) is 6.08 Å². The first kappa shape index (κ1) is 27.7. The van der Waals surface area contributed by atoms with Gasteiger partial charge in [0.25, 0.3) is 5.91 Å². The molecule has 3 N–H and O–H groups in total. The third kappa shape index (κ3) is 7.37. The first-order valence-corrected chi connectivity index (χ1v) is 13.6. The van der Waals surface area contributed by atoms with Crippen LogP contribution in [0.2, 0.25) is 5.02 Å². The monoisotopic (exact) mass is 553 g/mol. The normalized spacial score (nSPS) is 17.2. The minimum absolute atomic E-state index is 0.0411. The van der Waals surface area contributed by atoms with Gasteiger partial charge in [0.15, 0.2) is 0 Å². The topological polar surface area (TPSA) is 112 Å². The highest BCUT2D eigenvalue weighted by Gasteiger charge is 2.27. The van der Waals surface area contributed by atoms with Crippen molar-refractivity contribution in [3.8, 4) is 10.6 Å². The third-order valence-electron chi connectivity index (χ3n) is 6.12. The second-order valence-corrected chi connectivity index (χ2v) is 11.2. The molecule has 0 bridgehead atoms. The van der Waals surface area contributed by atoms with Gasteiger partial charge in [-0.05, 0) is 71.5 Å². The van der Waals surface area contributed by atoms with Gasteiger partial charge in [-0.2, -0.15) is 0 Å². The van der Waals surface area contributed by atoms with Gasteiger partial charge in [-0.1, -0.05) is 17.7 Å². The van der Waals surface area contributed by atoms with Crippen LogP contribution in [0.25, 0.3) is 10.6 Å². The van der Waals surface area contributed by atoms with Crippen LogP contribution in [0.1, 0.15) is 40.3 Å². The van der Waals surface area contributed by atoms with Crippen molar-refractivity contribution in [3.05, 3.63) is 63.9 Å². The summed E-state index contributed by atoms with van der Waals surface area (Å²) in [6.07, 6.45) is 7.41. The average molecular weight is 554 g/mol. The first-order valence-electron chi connectivity index (χ1n) is 12.4. The molecule has 2 atom stereocenters. The standard InChI is InChI=1S/C27H32ClN7O2S/c1-16-25(38-17(2)30-16)24-22(28)15-29-27(34-24)33-21-12-11-20(14-21)32-26(37)18-7-9-19(10-8-18)31-23(36)6-5-13-35(3)4/h5-10,15,20-21H,11-14H2,1-4H3,(H,31,36)(H,32,37)(H,29,33,34)/b6-5+/t20-,21+/m1/s1. The van der Waals surface area contributed by atoms with Gasteiger partial charge in [-0.15, -0.1) is 11.3 Å². The highest BCUT2D eigenvalue weighted by Crippen LogP contribution is 2.34. The van der Waals surface area contributed by atoms with E-state index in [2.05, 4.69) is 30.9 Å². The summed E-state index contributed by atoms with van der Waals surface area (Å²) in [5, 5.41) is 10.8. The summed E-state index contributed by atoms with van der Waals surface area (Å²) in [5.41, 5.74) is 2.76. The highest BCUT2D eigenvalue weighted by atomic mass is 35.5. The molecule has 2 amide bonds. The summed E-state index contributed by atoms with van der Waals surface area (Å²) in [5.74, 6) is 0.171. The molecule has 2 aromatic heterocycles. The minimum atomic E-state index is -0.206. The van der Waals surface area contributed by atoms with Gasteiger partial charge in [0, 0.05) is 36.0 Å². The molecule has 0 unspecified atom stereocenters. The number of hydrogen-bond donors (Lipinski definition) is 3. The first-order chi connectivity index (χ1) is 18.2. The van der Waals surface area contributed by atoms with Crippen LogP contribution in [-0.4, -0.2) is 64.4 Å². The lowest BCUT2D eigenvalue weighted by atomic mass is 10.1. The Morgan fingerprint density at radius 1 is 1.13 bits per heavy atom. The van der Waals surface area contributed by atoms with E-state index in [9.17, 15) is 9.59 Å². The van der Waals surface area contributed by atoms with E-state index in [4.69, 9.17) is 11.6 Å². The maximum atomic E-state index is 12.8. The zero-order chi connectivity index (χ0) is 27.2. The van der Waals surface area contributed by atoms with Gasteiger partial charge in [0.2, 0.25) is 11.9 Å². The lowest BCUT2D eigenvalue weighted by molar-refractivity contribution is -0.111. The van der Waals surface area contributed by atoms with Gasteiger partial charge in [-0.25, -0.2) is 15.0 Å². The highest BCUT2D eigenvalue weighted by molar-refractivity contribution is 7.15. The molecule has 2 heterocycles. The SMILES string of the molecule is Cc1nc(C)c(-c2nc(N[C@H]3CC[C@@H](NC(=O)c4ccc(NC(=O)/C=C/CN(C)C)cc4)C3)ncc2Cl)s1. The molecule has 200 valence electrons. The van der Waals surface area contributed by atoms with Crippen LogP contribution in [0.3, 0.4) is 0 Å². The smallest absolute Gasteiger partial charge is 0.251 e. The molecular formula is C27H32ClN7O2S. The van der Waals surface area contributed by atoms with Crippen molar-refractivity contribution in [3.63, 3.8) is 0 Å². The van der Waals surface area contributed by atoms with E-state index in [-0.39, 0.29) is 23.9 Å². The Hall–Kier alpha value is -3.34. The van der Waals surface area contributed by atoms with Crippen LogP contribution in [0.4, 0.5) is 11.6 Å². The van der Waals surface area contributed by atoms with Crippen LogP contribution in [0, 0.1) is 13.8 Å². The number of nitrogens with zero attached hydrogens (tertiary/aromatic N) is 4. The van der Waals surface area contributed by atoms with Crippen LogP contribution < -0.4 is 16.0 Å². The van der Waals surface area contributed by atoms with E-state index in [1.807, 2.05) is 32.8 Å². The van der Waals surface area contributed by atoms with Crippen LogP contribution in [0.15, 0.2) is 42.6 Å². The van der Waals surface area contributed by atoms with Gasteiger partial charge < -0.3 is 20.9 Å². The Morgan fingerprint density at radius 3 is 2.55 bits per heavy atom. The van der Waals surface area contributed by atoms with E-state index in [0.29, 0.717) is 34.5 Å². The summed E-state index contributed by atoms with van der Waals surface area (Å²) in [6.45, 7) is 4.59. The second-order valence-electron chi connectivity index (χ2n) is 9.59. The van der Waals surface area contributed by atoms with E-state index in [0.717, 1.165) is 34.8 Å². The molecule has 1 fully saturated rings. The van der Waals surface area contributed by atoms with Gasteiger partial charge in [0.05, 0.1) is 26.8 Å². The Kier molecular flexibility index (Phi) is 9.09. The number of rotatable bonds is 9. The van der Waals surface area contributed by atoms with E-state index >= 15 is 0 Å². The summed E-state index contributed by atoms with van der Waals surface area (Å²) < 4.78 is 0. The van der Waals surface area contributed by atoms with Crippen molar-refractivity contribution in [2.45, 2.75) is 45.2 Å². The number of hydrogen-bond acceptors (Lipinski definition) is 8. The molecule has 0 saturated heterocycles. The second kappa shape index (κ2) is 12.5. The van der Waals surface area contributed by atoms with Crippen molar-refractivity contribution in [1.82, 2.24) is 25.2 Å². The lowest BCUT2D eigenvalue weighted by Crippen LogP contribution is -2.34. The van der Waals surface area contributed by atoms with Gasteiger partial charge >= 0.3 is 0 Å². The summed E-state index contributed by atoms with van der Waals surface area (Å²) in [6, 6.07) is 7.06. The number of nitrogens with one attached hydrogen (secondary N) is 3. The molecule has 1 aromatic carbocycles. The molecule has 0 aliphatic heterocycles. The number of aryl methyl sites for hydroxylation is 2. The Labute approximate surface area is 231 Å². The zero-order valence-corrected chi connectivity index (χ0v) is 23.5. The molecule has 0 radical (unpaired) electrons. The fraction of sp³-hybridized carbons (Fsp3) is 0.370. The largest absolute Gasteiger partial charge is 0.351 e. The quantitative estimate of drug-likeness (QED) is 0.329. The van der Waals surface area contributed by atoms with Gasteiger partial charge in [0.1, 0.15) is 5.69 Å². The minimum Gasteiger partial charge on any atom is -0.351 e. The molecule has 1 aliphatic carbocycles. The molecule has 0 spiro atoms. The summed E-state index contributed by atoms with van der Waals surface area (Å²) in [4.78, 5) is 41.2. The maximum absolute atomic E-state index is 12.8. The van der Waals surface area contributed by atoms with Crippen molar-refractivity contribution in [2.75, 3.05) is 31.3 Å². The lowest BCUT2D eigenvalue weighted by Gasteiger charge is -2.15. The number of halogens is 1. The number of carbonyl (C=O) groups is 2. The average Bonchev–Trinajstić information content (AvgIpc) is 3.45. The number of likely N-dealkylation sites (N-methyl/N-ethyl adjacent to an activating group) is 1. The van der Waals surface area contributed by atoms with Crippen molar-refractivity contribution < 1.29 is 9.59 Å². The Morgan fingerprint density at radius 2 is 1.87 bits per heavy atom. The van der Waals surface area contributed by atoms with Crippen LogP contribution in [-0.2, 0) is 4.79 Å². The van der Waals surface area contributed by atoms with Gasteiger partial charge in [-0.3, -0.25) is 9.59 Å². The molecule has 4 rings (SSSR count). The summed E-state index contributed by atoms with van der Waals surface area (Å²) in [7, 11) is 3.87. The van der Waals surface area contributed by atoms with Crippen LogP contribution >= 0.6 is 22.9 Å². The van der Waals surface area contributed by atoms with E-state index < -0.39 is 0 Å². The van der Waals surface area contributed by atoms with Crippen LogP contribution in [0.5, 0.6) is 0 Å². The fourth-order valence-electron chi connectivity index (χ4n) is 4.30. The maximum Gasteiger partial charge on any atom is 0.251 e. The number of anilines is 2. The number of benzene rings is 1. The molecule has 11 heteroatoms. The Bertz CT molecular complexity index is 1320. The number of amides is 2. The summed E-state index contributed by atoms with van der Waals surface area (Å²) >= 11 is 7.95. The molecule has 1 aliphatic rings. The zero-order valence-electron chi connectivity index (χ0n) is 21.9. The predicted octanol–water partition coefficient (Wildman–Crippen LogP) is 4.69. The van der Waals surface area contributed by atoms with Crippen molar-refractivity contribution >= 4 is 46.4 Å². The van der Waals surface area contributed by atoms with Crippen molar-refractivity contribution in [2.24, 2.45) is 0 Å². The Balaban J connectivity index is 1.29. The molecule has 9 nitrogen and oxygen atoms in total. The molecule has 3 aromatic rings.